The van der Waals surface area contributed by atoms with Crippen molar-refractivity contribution in [2.75, 3.05) is 39.3 Å². The van der Waals surface area contributed by atoms with Gasteiger partial charge in [-0.2, -0.15) is 0 Å². The fraction of sp³-hybridized carbons (Fsp3) is 1.00. The van der Waals surface area contributed by atoms with E-state index in [2.05, 4.69) is 15.5 Å². The summed E-state index contributed by atoms with van der Waals surface area (Å²) in [5, 5.41) is 16.8. The first kappa shape index (κ1) is 12.3. The van der Waals surface area contributed by atoms with Crippen LogP contribution in [0.15, 0.2) is 0 Å². The minimum atomic E-state index is -0.211. The van der Waals surface area contributed by atoms with Crippen LogP contribution in [0, 0.1) is 5.92 Å². The van der Waals surface area contributed by atoms with E-state index in [9.17, 15) is 5.11 Å². The molecule has 3 N–H and O–H groups in total. The first-order valence-corrected chi connectivity index (χ1v) is 6.70. The van der Waals surface area contributed by atoms with E-state index in [1.54, 1.807) is 0 Å². The Bertz CT molecular complexity index is 189. The zero-order chi connectivity index (χ0) is 11.2. The van der Waals surface area contributed by atoms with Crippen LogP contribution in [0.3, 0.4) is 0 Å². The van der Waals surface area contributed by atoms with E-state index in [1.165, 1.54) is 19.3 Å². The Hall–Kier alpha value is -0.160. The molecule has 0 saturated carbocycles. The monoisotopic (exact) mass is 227 g/mol. The third kappa shape index (κ3) is 3.70. The predicted octanol–water partition coefficient (Wildman–Crippen LogP) is -0.0102. The molecule has 1 unspecified atom stereocenters. The van der Waals surface area contributed by atoms with Crippen LogP contribution in [0.4, 0.5) is 0 Å². The molecule has 0 aromatic rings. The van der Waals surface area contributed by atoms with Gasteiger partial charge in [-0.05, 0) is 44.7 Å². The van der Waals surface area contributed by atoms with Crippen molar-refractivity contribution in [1.82, 2.24) is 15.5 Å². The average Bonchev–Trinajstić information content (AvgIpc) is 2.38. The second-order valence-electron chi connectivity index (χ2n) is 5.04. The molecule has 0 aromatic carbocycles. The summed E-state index contributed by atoms with van der Waals surface area (Å²) in [7, 11) is 0. The van der Waals surface area contributed by atoms with Crippen LogP contribution in [0.5, 0.6) is 0 Å². The lowest BCUT2D eigenvalue weighted by molar-refractivity contribution is -0.0138. The fourth-order valence-electron chi connectivity index (χ4n) is 2.72. The number of nitrogens with zero attached hydrogens (tertiary/aromatic N) is 1. The quantitative estimate of drug-likeness (QED) is 0.632. The van der Waals surface area contributed by atoms with Crippen molar-refractivity contribution in [3.05, 3.63) is 0 Å². The molecule has 0 aromatic heterocycles. The smallest absolute Gasteiger partial charge is 0.107 e. The molecule has 2 saturated heterocycles. The van der Waals surface area contributed by atoms with Gasteiger partial charge < -0.3 is 15.7 Å². The SMILES string of the molecule is OC(CCC1CCNCC1)N1CCNCC1. The number of piperazine rings is 1. The number of piperidine rings is 1. The summed E-state index contributed by atoms with van der Waals surface area (Å²) in [5.41, 5.74) is 0. The van der Waals surface area contributed by atoms with Crippen LogP contribution in [-0.2, 0) is 0 Å². The maximum Gasteiger partial charge on any atom is 0.107 e. The molecule has 16 heavy (non-hydrogen) atoms. The lowest BCUT2D eigenvalue weighted by atomic mass is 9.93. The maximum atomic E-state index is 10.1. The Morgan fingerprint density at radius 3 is 2.38 bits per heavy atom. The molecule has 94 valence electrons. The lowest BCUT2D eigenvalue weighted by Crippen LogP contribution is -2.48. The fourth-order valence-corrected chi connectivity index (χ4v) is 2.72. The van der Waals surface area contributed by atoms with Gasteiger partial charge in [0, 0.05) is 26.2 Å². The van der Waals surface area contributed by atoms with Crippen LogP contribution < -0.4 is 10.6 Å². The molecule has 0 aliphatic carbocycles. The highest BCUT2D eigenvalue weighted by molar-refractivity contribution is 4.73. The third-order valence-corrected chi connectivity index (χ3v) is 3.86. The van der Waals surface area contributed by atoms with Gasteiger partial charge in [0.05, 0.1) is 0 Å². The number of nitrogens with one attached hydrogen (secondary N) is 2. The summed E-state index contributed by atoms with van der Waals surface area (Å²) >= 11 is 0. The highest BCUT2D eigenvalue weighted by atomic mass is 16.3. The van der Waals surface area contributed by atoms with Gasteiger partial charge in [0.25, 0.3) is 0 Å². The topological polar surface area (TPSA) is 47.5 Å². The van der Waals surface area contributed by atoms with Crippen LogP contribution in [0.1, 0.15) is 25.7 Å². The van der Waals surface area contributed by atoms with E-state index in [1.807, 2.05) is 0 Å². The summed E-state index contributed by atoms with van der Waals surface area (Å²) in [6, 6.07) is 0. The second-order valence-corrected chi connectivity index (χ2v) is 5.04. The lowest BCUT2D eigenvalue weighted by Gasteiger charge is -2.32. The van der Waals surface area contributed by atoms with E-state index in [0.717, 1.165) is 51.6 Å². The zero-order valence-corrected chi connectivity index (χ0v) is 10.1. The largest absolute Gasteiger partial charge is 0.378 e. The van der Waals surface area contributed by atoms with Gasteiger partial charge in [0.2, 0.25) is 0 Å². The van der Waals surface area contributed by atoms with Crippen molar-refractivity contribution in [1.29, 1.82) is 0 Å². The summed E-state index contributed by atoms with van der Waals surface area (Å²) in [4.78, 5) is 2.21. The standard InChI is InChI=1S/C12H25N3O/c16-12(15-9-7-14-8-10-15)2-1-11-3-5-13-6-4-11/h11-14,16H,1-10H2. The average molecular weight is 227 g/mol. The van der Waals surface area contributed by atoms with E-state index < -0.39 is 0 Å². The molecule has 0 bridgehead atoms. The number of aliphatic hydroxyl groups is 1. The van der Waals surface area contributed by atoms with Crippen LogP contribution >= 0.6 is 0 Å². The van der Waals surface area contributed by atoms with Gasteiger partial charge in [-0.15, -0.1) is 0 Å². The molecule has 0 amide bonds. The molecule has 0 radical (unpaired) electrons. The molecule has 4 nitrogen and oxygen atoms in total. The van der Waals surface area contributed by atoms with Gasteiger partial charge in [-0.25, -0.2) is 0 Å². The van der Waals surface area contributed by atoms with Crippen LogP contribution in [-0.4, -0.2) is 55.5 Å². The molecular formula is C12H25N3O. The second kappa shape index (κ2) is 6.55. The molecule has 2 fully saturated rings. The van der Waals surface area contributed by atoms with Crippen LogP contribution in [0.25, 0.3) is 0 Å². The Balaban J connectivity index is 1.63. The van der Waals surface area contributed by atoms with Gasteiger partial charge >= 0.3 is 0 Å². The van der Waals surface area contributed by atoms with Crippen molar-refractivity contribution in [2.45, 2.75) is 31.9 Å². The summed E-state index contributed by atoms with van der Waals surface area (Å²) in [5.74, 6) is 0.832. The Labute approximate surface area is 98.4 Å². The molecule has 2 heterocycles. The van der Waals surface area contributed by atoms with E-state index in [4.69, 9.17) is 0 Å². The van der Waals surface area contributed by atoms with E-state index in [-0.39, 0.29) is 6.23 Å². The molecule has 4 heteroatoms. The first-order chi connectivity index (χ1) is 7.86. The van der Waals surface area contributed by atoms with Crippen molar-refractivity contribution in [2.24, 2.45) is 5.92 Å². The van der Waals surface area contributed by atoms with Gasteiger partial charge in [-0.1, -0.05) is 0 Å². The van der Waals surface area contributed by atoms with Gasteiger partial charge in [-0.3, -0.25) is 4.90 Å². The highest BCUT2D eigenvalue weighted by Gasteiger charge is 2.20. The van der Waals surface area contributed by atoms with Gasteiger partial charge in [0.1, 0.15) is 6.23 Å². The molecule has 2 rings (SSSR count). The van der Waals surface area contributed by atoms with Crippen molar-refractivity contribution in [3.63, 3.8) is 0 Å². The number of aliphatic hydroxyl groups excluding tert-OH is 1. The summed E-state index contributed by atoms with van der Waals surface area (Å²) in [6.45, 7) is 6.35. The van der Waals surface area contributed by atoms with Crippen molar-refractivity contribution >= 4 is 0 Å². The summed E-state index contributed by atoms with van der Waals surface area (Å²) < 4.78 is 0. The van der Waals surface area contributed by atoms with Crippen LogP contribution in [0.2, 0.25) is 0 Å². The van der Waals surface area contributed by atoms with E-state index >= 15 is 0 Å². The number of hydrogen-bond acceptors (Lipinski definition) is 4. The zero-order valence-electron chi connectivity index (χ0n) is 10.1. The van der Waals surface area contributed by atoms with Gasteiger partial charge in [0.15, 0.2) is 0 Å². The minimum absolute atomic E-state index is 0.211. The normalized spacial score (nSPS) is 26.8. The van der Waals surface area contributed by atoms with Crippen molar-refractivity contribution < 1.29 is 5.11 Å². The maximum absolute atomic E-state index is 10.1. The minimum Gasteiger partial charge on any atom is -0.378 e. The highest BCUT2D eigenvalue weighted by Crippen LogP contribution is 2.19. The molecular weight excluding hydrogens is 202 g/mol. The number of hydrogen-bond donors (Lipinski definition) is 3. The Morgan fingerprint density at radius 1 is 1.06 bits per heavy atom. The molecule has 1 atom stereocenters. The first-order valence-electron chi connectivity index (χ1n) is 6.70. The van der Waals surface area contributed by atoms with E-state index in [0.29, 0.717) is 0 Å². The third-order valence-electron chi connectivity index (χ3n) is 3.86. The number of rotatable bonds is 4. The predicted molar refractivity (Wildman–Crippen MR) is 65.3 cm³/mol. The van der Waals surface area contributed by atoms with Crippen molar-refractivity contribution in [3.8, 4) is 0 Å². The molecule has 2 aliphatic heterocycles. The Morgan fingerprint density at radius 2 is 1.69 bits per heavy atom. The molecule has 0 spiro atoms. The summed E-state index contributed by atoms with van der Waals surface area (Å²) in [6.07, 6.45) is 4.50. The Kier molecular flexibility index (Phi) is 5.03. The molecule has 2 aliphatic rings.